The maximum Gasteiger partial charge on any atom is 0.255 e. The average molecular weight is 562 g/mol. The highest BCUT2D eigenvalue weighted by atomic mass is 16.3. The molecule has 5 rings (SSSR count). The van der Waals surface area contributed by atoms with Crippen molar-refractivity contribution in [3.63, 3.8) is 0 Å². The first-order chi connectivity index (χ1) is 19.3. The van der Waals surface area contributed by atoms with Crippen LogP contribution in [0.2, 0.25) is 0 Å². The number of phenols is 1. The van der Waals surface area contributed by atoms with Gasteiger partial charge in [-0.3, -0.25) is 14.4 Å². The van der Waals surface area contributed by atoms with Crippen LogP contribution < -0.4 is 16.0 Å². The summed E-state index contributed by atoms with van der Waals surface area (Å²) in [5.74, 6) is -6.06. The van der Waals surface area contributed by atoms with Crippen molar-refractivity contribution >= 4 is 34.6 Å². The van der Waals surface area contributed by atoms with E-state index in [-0.39, 0.29) is 36.1 Å². The summed E-state index contributed by atoms with van der Waals surface area (Å²) in [5.41, 5.74) is 5.62. The third-order valence-corrected chi connectivity index (χ3v) is 8.65. The van der Waals surface area contributed by atoms with Crippen molar-refractivity contribution in [3.05, 3.63) is 69.5 Å². The van der Waals surface area contributed by atoms with Gasteiger partial charge in [0, 0.05) is 44.2 Å². The van der Waals surface area contributed by atoms with Crippen molar-refractivity contribution in [2.75, 3.05) is 24.3 Å². The summed E-state index contributed by atoms with van der Waals surface area (Å²) in [6, 6.07) is 9.89. The van der Waals surface area contributed by atoms with Crippen LogP contribution in [-0.4, -0.2) is 57.6 Å². The van der Waals surface area contributed by atoms with Gasteiger partial charge in [-0.2, -0.15) is 0 Å². The van der Waals surface area contributed by atoms with Crippen LogP contribution in [0.5, 0.6) is 5.75 Å². The average Bonchev–Trinajstić information content (AvgIpc) is 2.90. The lowest BCUT2D eigenvalue weighted by molar-refractivity contribution is -0.147. The number of hydrogen-bond acceptors (Lipinski definition) is 9. The molecule has 0 aromatic heterocycles. The van der Waals surface area contributed by atoms with E-state index in [0.29, 0.717) is 29.4 Å². The number of nitrogens with zero attached hydrogens (tertiary/aromatic N) is 1. The number of hydrogen-bond donors (Lipinski definition) is 6. The second-order valence-electron chi connectivity index (χ2n) is 11.7. The lowest BCUT2D eigenvalue weighted by Gasteiger charge is -2.46. The zero-order chi connectivity index (χ0) is 30.0. The number of benzene rings is 2. The molecule has 10 heteroatoms. The van der Waals surface area contributed by atoms with Crippen molar-refractivity contribution < 1.29 is 34.8 Å². The maximum absolute atomic E-state index is 13.8. The molecule has 0 saturated heterocycles. The fourth-order valence-corrected chi connectivity index (χ4v) is 6.42. The Morgan fingerprint density at radius 3 is 2.37 bits per heavy atom. The van der Waals surface area contributed by atoms with Gasteiger partial charge in [0.15, 0.2) is 11.4 Å². The highest BCUT2D eigenvalue weighted by molar-refractivity contribution is 6.22. The first kappa shape index (κ1) is 28.2. The van der Waals surface area contributed by atoms with Crippen LogP contribution in [0.25, 0.3) is 5.76 Å². The zero-order valence-electron chi connectivity index (χ0n) is 23.5. The van der Waals surface area contributed by atoms with Crippen LogP contribution in [0.3, 0.4) is 0 Å². The number of primary amides is 1. The minimum atomic E-state index is -2.59. The molecule has 3 unspecified atom stereocenters. The summed E-state index contributed by atoms with van der Waals surface area (Å²) in [7, 11) is 3.66. The fraction of sp³-hybridized carbons (Fsp3) is 0.387. The van der Waals surface area contributed by atoms with E-state index in [1.807, 2.05) is 31.1 Å². The highest BCUT2D eigenvalue weighted by Crippen LogP contribution is 2.54. The number of aliphatic hydroxyl groups is 3. The van der Waals surface area contributed by atoms with Crippen LogP contribution >= 0.6 is 0 Å². The molecule has 3 atom stereocenters. The van der Waals surface area contributed by atoms with E-state index < -0.39 is 52.0 Å². The summed E-state index contributed by atoms with van der Waals surface area (Å²) >= 11 is 0. The molecule has 0 aliphatic heterocycles. The maximum atomic E-state index is 13.8. The molecule has 216 valence electrons. The Morgan fingerprint density at radius 2 is 1.78 bits per heavy atom. The Labute approximate surface area is 237 Å². The van der Waals surface area contributed by atoms with Crippen LogP contribution in [0.15, 0.2) is 47.2 Å². The van der Waals surface area contributed by atoms with E-state index in [9.17, 15) is 34.8 Å². The Balaban J connectivity index is 1.59. The highest BCUT2D eigenvalue weighted by Gasteiger charge is 2.60. The largest absolute Gasteiger partial charge is 0.508 e. The van der Waals surface area contributed by atoms with Crippen LogP contribution in [0.4, 0.5) is 11.4 Å². The minimum absolute atomic E-state index is 0.0565. The third-order valence-electron chi connectivity index (χ3n) is 8.65. The molecule has 3 aliphatic carbocycles. The van der Waals surface area contributed by atoms with Gasteiger partial charge in [-0.1, -0.05) is 38.1 Å². The first-order valence-electron chi connectivity index (χ1n) is 13.6. The zero-order valence-corrected chi connectivity index (χ0v) is 23.5. The van der Waals surface area contributed by atoms with Gasteiger partial charge in [0.25, 0.3) is 5.91 Å². The second kappa shape index (κ2) is 9.95. The molecular formula is C31H35N3O7. The lowest BCUT2D eigenvalue weighted by atomic mass is 9.59. The van der Waals surface area contributed by atoms with Gasteiger partial charge in [0.05, 0.1) is 11.3 Å². The minimum Gasteiger partial charge on any atom is -0.508 e. The smallest absolute Gasteiger partial charge is 0.255 e. The summed E-state index contributed by atoms with van der Waals surface area (Å²) in [5, 5.41) is 48.3. The molecule has 0 spiro atoms. The van der Waals surface area contributed by atoms with Crippen molar-refractivity contribution in [2.24, 2.45) is 17.6 Å². The molecular weight excluding hydrogens is 526 g/mol. The Hall–Kier alpha value is -4.31. The predicted octanol–water partition coefficient (Wildman–Crippen LogP) is 3.23. The number of nitrogens with one attached hydrogen (secondary N) is 1. The van der Waals surface area contributed by atoms with Crippen LogP contribution in [0.1, 0.15) is 54.9 Å². The van der Waals surface area contributed by atoms with E-state index in [0.717, 1.165) is 5.56 Å². The lowest BCUT2D eigenvalue weighted by Crippen LogP contribution is -2.58. The van der Waals surface area contributed by atoms with E-state index in [2.05, 4.69) is 31.3 Å². The molecule has 10 nitrogen and oxygen atoms in total. The number of fused-ring (bicyclic) bond motifs is 3. The molecule has 0 heterocycles. The van der Waals surface area contributed by atoms with Crippen molar-refractivity contribution in [3.8, 4) is 5.75 Å². The SMILES string of the molecule is CC(C)c1ccc(CNc2cc(N(C)C)c3c(c2O)C(O)=C2C(=O)C4(O)C(O)=C(C(N)=O)C(=O)CC4CC2C3)cc1. The van der Waals surface area contributed by atoms with Crippen molar-refractivity contribution in [1.82, 2.24) is 0 Å². The Bertz CT molecular complexity index is 1540. The number of Topliss-reactive ketones (excluding diaryl/α,β-unsaturated/α-hetero) is 2. The molecule has 1 fully saturated rings. The van der Waals surface area contributed by atoms with E-state index >= 15 is 0 Å². The molecule has 0 radical (unpaired) electrons. The number of carbonyl (C=O) groups excluding carboxylic acids is 3. The molecule has 3 aliphatic rings. The summed E-state index contributed by atoms with van der Waals surface area (Å²) in [6.45, 7) is 4.62. The van der Waals surface area contributed by atoms with Gasteiger partial charge in [0.1, 0.15) is 22.8 Å². The summed E-state index contributed by atoms with van der Waals surface area (Å²) < 4.78 is 0. The quantitative estimate of drug-likeness (QED) is 0.229. The number of rotatable bonds is 6. The van der Waals surface area contributed by atoms with Gasteiger partial charge in [-0.05, 0) is 47.4 Å². The Morgan fingerprint density at radius 1 is 1.12 bits per heavy atom. The van der Waals surface area contributed by atoms with Gasteiger partial charge in [0.2, 0.25) is 5.78 Å². The van der Waals surface area contributed by atoms with Gasteiger partial charge in [-0.15, -0.1) is 0 Å². The fourth-order valence-electron chi connectivity index (χ4n) is 6.42. The summed E-state index contributed by atoms with van der Waals surface area (Å²) in [6.07, 6.45) is -0.0237. The molecule has 0 bridgehead atoms. The topological polar surface area (TPSA) is 173 Å². The van der Waals surface area contributed by atoms with Crippen LogP contribution in [-0.2, 0) is 27.3 Å². The predicted molar refractivity (Wildman–Crippen MR) is 154 cm³/mol. The normalized spacial score (nSPS) is 23.8. The number of aromatic hydroxyl groups is 1. The summed E-state index contributed by atoms with van der Waals surface area (Å²) in [4.78, 5) is 40.1. The number of ketones is 2. The van der Waals surface area contributed by atoms with E-state index in [1.54, 1.807) is 6.07 Å². The number of anilines is 2. The monoisotopic (exact) mass is 561 g/mol. The van der Waals surface area contributed by atoms with E-state index in [1.165, 1.54) is 5.56 Å². The molecule has 1 saturated carbocycles. The molecule has 41 heavy (non-hydrogen) atoms. The van der Waals surface area contributed by atoms with Gasteiger partial charge < -0.3 is 36.4 Å². The number of carbonyl (C=O) groups is 3. The molecule has 2 aromatic rings. The van der Waals surface area contributed by atoms with Crippen LogP contribution in [0, 0.1) is 11.8 Å². The Kier molecular flexibility index (Phi) is 6.85. The van der Waals surface area contributed by atoms with Crippen molar-refractivity contribution in [2.45, 2.75) is 51.2 Å². The van der Waals surface area contributed by atoms with Crippen molar-refractivity contribution in [1.29, 1.82) is 0 Å². The number of phenolic OH excluding ortho intramolecular Hbond substituents is 1. The molecule has 2 aromatic carbocycles. The van der Waals surface area contributed by atoms with E-state index in [4.69, 9.17) is 5.73 Å². The first-order valence-corrected chi connectivity index (χ1v) is 13.6. The molecule has 1 amide bonds. The van der Waals surface area contributed by atoms with Gasteiger partial charge in [-0.25, -0.2) is 0 Å². The standard InChI is InChI=1S/C31H35N3O7/c1-14(2)16-7-5-15(6-8-16)13-33-20-12-21(34(3)4)19-10-17-9-18-11-22(35)25(30(32)40)29(39)31(18,41)28(38)23(17)27(37)24(19)26(20)36/h5-8,12,14,17-18,33,36-37,39,41H,9-11,13H2,1-4H3,(H2,32,40). The number of nitrogens with two attached hydrogens (primary N) is 1. The third kappa shape index (κ3) is 4.33. The molecule has 7 N–H and O–H groups in total. The second-order valence-corrected chi connectivity index (χ2v) is 11.7. The van der Waals surface area contributed by atoms with Gasteiger partial charge >= 0.3 is 0 Å². The number of aliphatic hydroxyl groups excluding tert-OH is 2. The number of amides is 1.